The highest BCUT2D eigenvalue weighted by Crippen LogP contribution is 2.15. The maximum absolute atomic E-state index is 5.98. The number of nitrogens with one attached hydrogen (secondary N) is 1. The van der Waals surface area contributed by atoms with E-state index in [9.17, 15) is 0 Å². The first-order valence-corrected chi connectivity index (χ1v) is 8.33. The lowest BCUT2D eigenvalue weighted by Gasteiger charge is -2.07. The zero-order chi connectivity index (χ0) is 16.1. The molecule has 0 spiro atoms. The highest BCUT2D eigenvalue weighted by molar-refractivity contribution is 5.92. The van der Waals surface area contributed by atoms with Gasteiger partial charge in [-0.05, 0) is 37.0 Å². The standard InChI is InChI=1S/C17H24N6/c1-2-13-7-9-14(10-8-13)20-17(18)19-12-16-22-21-15-6-4-3-5-11-23(15)16/h7-10H,2-6,11-12H2,1H3,(H3,18,19,20). The summed E-state index contributed by atoms with van der Waals surface area (Å²) in [5.74, 6) is 2.38. The molecule has 0 saturated heterocycles. The van der Waals surface area contributed by atoms with E-state index in [1.54, 1.807) is 0 Å². The summed E-state index contributed by atoms with van der Waals surface area (Å²) in [5.41, 5.74) is 8.23. The molecule has 1 aliphatic heterocycles. The second kappa shape index (κ2) is 7.26. The summed E-state index contributed by atoms with van der Waals surface area (Å²) >= 11 is 0. The number of nitrogens with two attached hydrogens (primary N) is 1. The molecule has 1 aromatic heterocycles. The van der Waals surface area contributed by atoms with Crippen molar-refractivity contribution in [3.63, 3.8) is 0 Å². The minimum Gasteiger partial charge on any atom is -0.370 e. The Balaban J connectivity index is 1.64. The topological polar surface area (TPSA) is 81.1 Å². The molecule has 0 bridgehead atoms. The predicted octanol–water partition coefficient (Wildman–Crippen LogP) is 2.49. The number of hydrogen-bond donors (Lipinski definition) is 2. The van der Waals surface area contributed by atoms with Gasteiger partial charge in [-0.3, -0.25) is 0 Å². The monoisotopic (exact) mass is 312 g/mol. The van der Waals surface area contributed by atoms with E-state index in [2.05, 4.69) is 44.1 Å². The van der Waals surface area contributed by atoms with Crippen LogP contribution in [-0.4, -0.2) is 20.7 Å². The molecule has 23 heavy (non-hydrogen) atoms. The van der Waals surface area contributed by atoms with Crippen LogP contribution in [-0.2, 0) is 25.9 Å². The van der Waals surface area contributed by atoms with Gasteiger partial charge in [-0.1, -0.05) is 25.5 Å². The Labute approximate surface area is 136 Å². The minimum atomic E-state index is 0.403. The van der Waals surface area contributed by atoms with Crippen molar-refractivity contribution in [1.29, 1.82) is 0 Å². The molecule has 0 aliphatic carbocycles. The van der Waals surface area contributed by atoms with Gasteiger partial charge >= 0.3 is 0 Å². The van der Waals surface area contributed by atoms with E-state index in [1.165, 1.54) is 24.8 Å². The largest absolute Gasteiger partial charge is 0.370 e. The van der Waals surface area contributed by atoms with E-state index >= 15 is 0 Å². The predicted molar refractivity (Wildman–Crippen MR) is 92.3 cm³/mol. The molecule has 3 N–H and O–H groups in total. The summed E-state index contributed by atoms with van der Waals surface area (Å²) < 4.78 is 2.19. The lowest BCUT2D eigenvalue weighted by atomic mass is 10.1. The number of aromatic nitrogens is 3. The zero-order valence-electron chi connectivity index (χ0n) is 13.6. The Hall–Kier alpha value is -2.37. The van der Waals surface area contributed by atoms with E-state index < -0.39 is 0 Å². The quantitative estimate of drug-likeness (QED) is 0.671. The number of aryl methyl sites for hydroxylation is 2. The molecule has 0 unspecified atom stereocenters. The fourth-order valence-corrected chi connectivity index (χ4v) is 2.83. The number of fused-ring (bicyclic) bond motifs is 1. The van der Waals surface area contributed by atoms with Crippen molar-refractivity contribution in [2.45, 2.75) is 52.1 Å². The Bertz CT molecular complexity index is 671. The van der Waals surface area contributed by atoms with Gasteiger partial charge in [0.1, 0.15) is 12.4 Å². The third-order valence-electron chi connectivity index (χ3n) is 4.21. The molecule has 0 radical (unpaired) electrons. The van der Waals surface area contributed by atoms with Crippen molar-refractivity contribution in [2.24, 2.45) is 10.7 Å². The molecule has 1 aliphatic rings. The van der Waals surface area contributed by atoms with Crippen LogP contribution in [0.25, 0.3) is 0 Å². The van der Waals surface area contributed by atoms with Gasteiger partial charge in [0.2, 0.25) is 0 Å². The SMILES string of the molecule is CCc1ccc(NC(N)=NCc2nnc3n2CCCCC3)cc1. The maximum atomic E-state index is 5.98. The molecule has 0 fully saturated rings. The fraction of sp³-hybridized carbons (Fsp3) is 0.471. The first kappa shape index (κ1) is 15.5. The number of benzene rings is 1. The van der Waals surface area contributed by atoms with Gasteiger partial charge in [0.05, 0.1) is 0 Å². The number of aliphatic imine (C=N–C) groups is 1. The molecule has 3 rings (SSSR count). The molecule has 6 heteroatoms. The van der Waals surface area contributed by atoms with Crippen molar-refractivity contribution in [3.8, 4) is 0 Å². The smallest absolute Gasteiger partial charge is 0.193 e. The number of anilines is 1. The van der Waals surface area contributed by atoms with Crippen molar-refractivity contribution in [3.05, 3.63) is 41.5 Å². The maximum Gasteiger partial charge on any atom is 0.193 e. The van der Waals surface area contributed by atoms with Crippen molar-refractivity contribution in [1.82, 2.24) is 14.8 Å². The van der Waals surface area contributed by atoms with Gasteiger partial charge in [-0.2, -0.15) is 0 Å². The molecular weight excluding hydrogens is 288 g/mol. The molecular formula is C17H24N6. The van der Waals surface area contributed by atoms with Gasteiger partial charge in [0.15, 0.2) is 11.8 Å². The van der Waals surface area contributed by atoms with Crippen LogP contribution in [0.3, 0.4) is 0 Å². The minimum absolute atomic E-state index is 0.403. The summed E-state index contributed by atoms with van der Waals surface area (Å²) in [6.07, 6.45) is 5.66. The zero-order valence-corrected chi connectivity index (χ0v) is 13.6. The highest BCUT2D eigenvalue weighted by Gasteiger charge is 2.14. The molecule has 0 amide bonds. The van der Waals surface area contributed by atoms with Crippen LogP contribution in [0.5, 0.6) is 0 Å². The molecule has 6 nitrogen and oxygen atoms in total. The van der Waals surface area contributed by atoms with Crippen LogP contribution in [0.4, 0.5) is 5.69 Å². The third kappa shape index (κ3) is 3.88. The Morgan fingerprint density at radius 1 is 1.22 bits per heavy atom. The van der Waals surface area contributed by atoms with E-state index in [0.29, 0.717) is 12.5 Å². The first-order valence-electron chi connectivity index (χ1n) is 8.33. The molecule has 1 aromatic carbocycles. The van der Waals surface area contributed by atoms with Crippen LogP contribution < -0.4 is 11.1 Å². The summed E-state index contributed by atoms with van der Waals surface area (Å²) in [4.78, 5) is 4.40. The van der Waals surface area contributed by atoms with E-state index in [0.717, 1.165) is 36.7 Å². The third-order valence-corrected chi connectivity index (χ3v) is 4.21. The van der Waals surface area contributed by atoms with Crippen LogP contribution in [0.2, 0.25) is 0 Å². The van der Waals surface area contributed by atoms with Crippen molar-refractivity contribution in [2.75, 3.05) is 5.32 Å². The fourth-order valence-electron chi connectivity index (χ4n) is 2.83. The molecule has 122 valence electrons. The van der Waals surface area contributed by atoms with Gasteiger partial charge in [-0.15, -0.1) is 10.2 Å². The second-order valence-electron chi connectivity index (χ2n) is 5.87. The average molecular weight is 312 g/mol. The van der Waals surface area contributed by atoms with Crippen LogP contribution >= 0.6 is 0 Å². The summed E-state index contributed by atoms with van der Waals surface area (Å²) in [6.45, 7) is 3.58. The van der Waals surface area contributed by atoms with Crippen LogP contribution in [0.15, 0.2) is 29.3 Å². The lowest BCUT2D eigenvalue weighted by Crippen LogP contribution is -2.23. The van der Waals surface area contributed by atoms with Gasteiger partial charge in [0, 0.05) is 18.7 Å². The summed E-state index contributed by atoms with van der Waals surface area (Å²) in [5, 5.41) is 11.7. The Morgan fingerprint density at radius 2 is 2.04 bits per heavy atom. The lowest BCUT2D eigenvalue weighted by molar-refractivity contribution is 0.606. The van der Waals surface area contributed by atoms with Crippen molar-refractivity contribution < 1.29 is 0 Å². The van der Waals surface area contributed by atoms with Crippen molar-refractivity contribution >= 4 is 11.6 Å². The number of guanidine groups is 1. The Kier molecular flexibility index (Phi) is 4.90. The normalized spacial score (nSPS) is 15.1. The van der Waals surface area contributed by atoms with Crippen LogP contribution in [0, 0.1) is 0 Å². The highest BCUT2D eigenvalue weighted by atomic mass is 15.3. The van der Waals surface area contributed by atoms with E-state index in [-0.39, 0.29) is 0 Å². The van der Waals surface area contributed by atoms with Crippen LogP contribution in [0.1, 0.15) is 43.4 Å². The van der Waals surface area contributed by atoms with E-state index in [4.69, 9.17) is 5.73 Å². The molecule has 0 saturated carbocycles. The van der Waals surface area contributed by atoms with Gasteiger partial charge in [-0.25, -0.2) is 4.99 Å². The number of nitrogens with zero attached hydrogens (tertiary/aromatic N) is 4. The summed E-state index contributed by atoms with van der Waals surface area (Å²) in [6, 6.07) is 8.22. The molecule has 2 heterocycles. The molecule has 2 aromatic rings. The summed E-state index contributed by atoms with van der Waals surface area (Å²) in [7, 11) is 0. The second-order valence-corrected chi connectivity index (χ2v) is 5.87. The number of rotatable bonds is 4. The molecule has 0 atom stereocenters. The van der Waals surface area contributed by atoms with Gasteiger partial charge in [0.25, 0.3) is 0 Å². The average Bonchev–Trinajstić information content (AvgIpc) is 2.80. The van der Waals surface area contributed by atoms with Gasteiger partial charge < -0.3 is 15.6 Å². The Morgan fingerprint density at radius 3 is 2.83 bits per heavy atom. The first-order chi connectivity index (χ1) is 11.3. The van der Waals surface area contributed by atoms with E-state index in [1.807, 2.05) is 12.1 Å². The number of hydrogen-bond acceptors (Lipinski definition) is 3.